The van der Waals surface area contributed by atoms with Crippen LogP contribution in [0.1, 0.15) is 26.7 Å². The predicted molar refractivity (Wildman–Crippen MR) is 82.3 cm³/mol. The molecule has 0 unspecified atom stereocenters. The molecule has 1 amide bonds. The zero-order chi connectivity index (χ0) is 15.9. The van der Waals surface area contributed by atoms with Gasteiger partial charge in [-0.2, -0.15) is 5.10 Å². The molecule has 0 bridgehead atoms. The highest BCUT2D eigenvalue weighted by Crippen LogP contribution is 2.27. The van der Waals surface area contributed by atoms with E-state index in [1.807, 2.05) is 4.90 Å². The minimum absolute atomic E-state index is 0.0108. The van der Waals surface area contributed by atoms with Crippen LogP contribution in [0.15, 0.2) is 17.3 Å². The second kappa shape index (κ2) is 5.55. The fraction of sp³-hybridized carbons (Fsp3) is 0.600. The Labute approximate surface area is 128 Å². The van der Waals surface area contributed by atoms with Crippen LogP contribution in [0, 0.1) is 5.92 Å². The van der Waals surface area contributed by atoms with Crippen LogP contribution < -0.4 is 5.56 Å². The number of amides is 1. The SMILES string of the molecule is CC(C)CN(C(=O)Cn1cnc2c(cnn2C)c1=O)C1CC1. The first-order valence-electron chi connectivity index (χ1n) is 7.64. The van der Waals surface area contributed by atoms with E-state index in [-0.39, 0.29) is 18.0 Å². The lowest BCUT2D eigenvalue weighted by atomic mass is 10.2. The van der Waals surface area contributed by atoms with Crippen molar-refractivity contribution in [3.05, 3.63) is 22.9 Å². The molecule has 1 aliphatic carbocycles. The summed E-state index contributed by atoms with van der Waals surface area (Å²) in [5, 5.41) is 4.48. The first-order valence-corrected chi connectivity index (χ1v) is 7.64. The number of hydrogen-bond donors (Lipinski definition) is 0. The molecule has 2 aromatic rings. The lowest BCUT2D eigenvalue weighted by Crippen LogP contribution is -2.40. The van der Waals surface area contributed by atoms with Crippen LogP contribution in [0.3, 0.4) is 0 Å². The quantitative estimate of drug-likeness (QED) is 0.818. The highest BCUT2D eigenvalue weighted by molar-refractivity contribution is 5.78. The van der Waals surface area contributed by atoms with E-state index in [1.165, 1.54) is 17.1 Å². The van der Waals surface area contributed by atoms with E-state index in [1.54, 1.807) is 11.7 Å². The van der Waals surface area contributed by atoms with Crippen molar-refractivity contribution in [3.63, 3.8) is 0 Å². The number of nitrogens with zero attached hydrogens (tertiary/aromatic N) is 5. The second-order valence-electron chi connectivity index (χ2n) is 6.35. The number of hydrogen-bond acceptors (Lipinski definition) is 4. The molecule has 7 heteroatoms. The topological polar surface area (TPSA) is 73.0 Å². The summed E-state index contributed by atoms with van der Waals surface area (Å²) in [6.07, 6.45) is 5.06. The Morgan fingerprint density at radius 2 is 2.18 bits per heavy atom. The Balaban J connectivity index is 1.84. The standard InChI is InChI=1S/C15H21N5O2/c1-10(2)7-20(11-4-5-11)13(21)8-19-9-16-14-12(15(19)22)6-17-18(14)3/h6,9-11H,4-5,7-8H2,1-3H3. The van der Waals surface area contributed by atoms with Crippen molar-refractivity contribution in [1.82, 2.24) is 24.2 Å². The van der Waals surface area contributed by atoms with Crippen LogP contribution in [-0.2, 0) is 18.4 Å². The van der Waals surface area contributed by atoms with Gasteiger partial charge >= 0.3 is 0 Å². The van der Waals surface area contributed by atoms with Crippen LogP contribution in [0.2, 0.25) is 0 Å². The largest absolute Gasteiger partial charge is 0.338 e. The number of aromatic nitrogens is 4. The molecule has 2 heterocycles. The monoisotopic (exact) mass is 303 g/mol. The summed E-state index contributed by atoms with van der Waals surface area (Å²) in [5.41, 5.74) is 0.321. The van der Waals surface area contributed by atoms with Gasteiger partial charge in [-0.3, -0.25) is 18.8 Å². The third kappa shape index (κ3) is 2.75. The molecule has 7 nitrogen and oxygen atoms in total. The third-order valence-corrected chi connectivity index (χ3v) is 3.89. The Bertz CT molecular complexity index is 757. The van der Waals surface area contributed by atoms with Crippen molar-refractivity contribution in [1.29, 1.82) is 0 Å². The molecule has 22 heavy (non-hydrogen) atoms. The van der Waals surface area contributed by atoms with E-state index in [4.69, 9.17) is 0 Å². The number of carbonyl (C=O) groups is 1. The van der Waals surface area contributed by atoms with Crippen LogP contribution in [-0.4, -0.2) is 42.7 Å². The smallest absolute Gasteiger partial charge is 0.264 e. The molecule has 118 valence electrons. The summed E-state index contributed by atoms with van der Waals surface area (Å²) in [6, 6.07) is 0.348. The summed E-state index contributed by atoms with van der Waals surface area (Å²) in [5.74, 6) is 0.406. The molecule has 1 saturated carbocycles. The molecule has 0 radical (unpaired) electrons. The predicted octanol–water partition coefficient (Wildman–Crippen LogP) is 0.777. The second-order valence-corrected chi connectivity index (χ2v) is 6.35. The van der Waals surface area contributed by atoms with Gasteiger partial charge < -0.3 is 4.90 Å². The Hall–Kier alpha value is -2.18. The van der Waals surface area contributed by atoms with E-state index >= 15 is 0 Å². The molecule has 1 fully saturated rings. The van der Waals surface area contributed by atoms with E-state index in [0.717, 1.165) is 19.4 Å². The lowest BCUT2D eigenvalue weighted by Gasteiger charge is -2.24. The summed E-state index contributed by atoms with van der Waals surface area (Å²) in [4.78, 5) is 31.1. The van der Waals surface area contributed by atoms with E-state index in [2.05, 4.69) is 23.9 Å². The molecule has 2 aromatic heterocycles. The molecule has 1 aliphatic rings. The fourth-order valence-electron chi connectivity index (χ4n) is 2.65. The van der Waals surface area contributed by atoms with Gasteiger partial charge in [-0.15, -0.1) is 0 Å². The number of aryl methyl sites for hydroxylation is 1. The average Bonchev–Trinajstić information content (AvgIpc) is 3.23. The molecule has 0 aliphatic heterocycles. The molecule has 0 atom stereocenters. The first kappa shape index (κ1) is 14.7. The Kier molecular flexibility index (Phi) is 3.72. The van der Waals surface area contributed by atoms with Crippen LogP contribution in [0.25, 0.3) is 11.0 Å². The fourth-order valence-corrected chi connectivity index (χ4v) is 2.65. The molecule has 0 spiro atoms. The summed E-state index contributed by atoms with van der Waals surface area (Å²) < 4.78 is 2.93. The molecular weight excluding hydrogens is 282 g/mol. The van der Waals surface area contributed by atoms with Crippen LogP contribution >= 0.6 is 0 Å². The van der Waals surface area contributed by atoms with Crippen molar-refractivity contribution in [3.8, 4) is 0 Å². The number of fused-ring (bicyclic) bond motifs is 1. The maximum atomic E-state index is 12.5. The van der Waals surface area contributed by atoms with Gasteiger partial charge in [0.15, 0.2) is 5.65 Å². The van der Waals surface area contributed by atoms with E-state index in [0.29, 0.717) is 23.0 Å². The van der Waals surface area contributed by atoms with Gasteiger partial charge in [-0.05, 0) is 18.8 Å². The van der Waals surface area contributed by atoms with Crippen LogP contribution in [0.4, 0.5) is 0 Å². The van der Waals surface area contributed by atoms with E-state index < -0.39 is 0 Å². The zero-order valence-corrected chi connectivity index (χ0v) is 13.2. The minimum atomic E-state index is -0.216. The maximum Gasteiger partial charge on any atom is 0.264 e. The summed E-state index contributed by atoms with van der Waals surface area (Å²) in [7, 11) is 1.74. The number of rotatable bonds is 5. The van der Waals surface area contributed by atoms with Gasteiger partial charge in [0.2, 0.25) is 5.91 Å². The maximum absolute atomic E-state index is 12.5. The van der Waals surface area contributed by atoms with E-state index in [9.17, 15) is 9.59 Å². The zero-order valence-electron chi connectivity index (χ0n) is 13.2. The third-order valence-electron chi connectivity index (χ3n) is 3.89. The minimum Gasteiger partial charge on any atom is -0.338 e. The summed E-state index contributed by atoms with van der Waals surface area (Å²) in [6.45, 7) is 4.97. The highest BCUT2D eigenvalue weighted by Gasteiger charge is 2.32. The number of carbonyl (C=O) groups excluding carboxylic acids is 1. The molecule has 3 rings (SSSR count). The van der Waals surface area contributed by atoms with Crippen molar-refractivity contribution in [2.45, 2.75) is 39.3 Å². The van der Waals surface area contributed by atoms with Gasteiger partial charge in [-0.25, -0.2) is 4.98 Å². The van der Waals surface area contributed by atoms with Crippen molar-refractivity contribution in [2.75, 3.05) is 6.54 Å². The van der Waals surface area contributed by atoms with Crippen molar-refractivity contribution < 1.29 is 4.79 Å². The van der Waals surface area contributed by atoms with Crippen molar-refractivity contribution in [2.24, 2.45) is 13.0 Å². The summed E-state index contributed by atoms with van der Waals surface area (Å²) >= 11 is 0. The molecule has 0 aromatic carbocycles. The van der Waals surface area contributed by atoms with Crippen LogP contribution in [0.5, 0.6) is 0 Å². The normalized spacial score (nSPS) is 14.7. The van der Waals surface area contributed by atoms with Gasteiger partial charge in [0.25, 0.3) is 5.56 Å². The average molecular weight is 303 g/mol. The molecule has 0 N–H and O–H groups in total. The Morgan fingerprint density at radius 3 is 2.82 bits per heavy atom. The Morgan fingerprint density at radius 1 is 1.45 bits per heavy atom. The molecular formula is C15H21N5O2. The first-order chi connectivity index (χ1) is 10.5. The highest BCUT2D eigenvalue weighted by atomic mass is 16.2. The lowest BCUT2D eigenvalue weighted by molar-refractivity contribution is -0.133. The van der Waals surface area contributed by atoms with Gasteiger partial charge in [0.1, 0.15) is 18.3 Å². The van der Waals surface area contributed by atoms with Gasteiger partial charge in [0.05, 0.1) is 6.20 Å². The van der Waals surface area contributed by atoms with Gasteiger partial charge in [0, 0.05) is 19.6 Å². The van der Waals surface area contributed by atoms with Gasteiger partial charge in [-0.1, -0.05) is 13.8 Å². The molecule has 0 saturated heterocycles. The van der Waals surface area contributed by atoms with Crippen molar-refractivity contribution >= 4 is 16.9 Å².